The van der Waals surface area contributed by atoms with Crippen LogP contribution in [0.15, 0.2) is 48.5 Å². The van der Waals surface area contributed by atoms with Crippen LogP contribution in [0.3, 0.4) is 0 Å². The minimum absolute atomic E-state index is 0.131. The van der Waals surface area contributed by atoms with Crippen LogP contribution in [-0.4, -0.2) is 35.4 Å². The van der Waals surface area contributed by atoms with Crippen molar-refractivity contribution in [2.75, 3.05) is 11.9 Å². The summed E-state index contributed by atoms with van der Waals surface area (Å²) in [5.74, 6) is -2.10. The standard InChI is InChI=1S/C21H23N3O6/c1-13(2)19(23-20(26)15-8-5-4-6-9-15)21(27)30-12-18(25)22-16-10-7-11-17(14(16)3)24(28)29/h4-11,13,19H,12H2,1-3H3,(H,22,25)(H,23,26)/t19-/m0/s1. The van der Waals surface area contributed by atoms with Gasteiger partial charge in [0, 0.05) is 11.6 Å². The van der Waals surface area contributed by atoms with Crippen molar-refractivity contribution in [2.45, 2.75) is 26.8 Å². The maximum Gasteiger partial charge on any atom is 0.329 e. The Morgan fingerprint density at radius 3 is 2.33 bits per heavy atom. The molecule has 0 fully saturated rings. The predicted octanol–water partition coefficient (Wildman–Crippen LogP) is 2.84. The monoisotopic (exact) mass is 413 g/mol. The van der Waals surface area contributed by atoms with E-state index >= 15 is 0 Å². The van der Waals surface area contributed by atoms with Crippen molar-refractivity contribution in [3.05, 3.63) is 69.8 Å². The highest BCUT2D eigenvalue weighted by molar-refractivity contribution is 5.97. The topological polar surface area (TPSA) is 128 Å². The maximum absolute atomic E-state index is 12.4. The molecule has 0 bridgehead atoms. The number of amides is 2. The SMILES string of the molecule is Cc1c(NC(=O)COC(=O)[C@@H](NC(=O)c2ccccc2)C(C)C)cccc1[N+](=O)[O-]. The fourth-order valence-corrected chi connectivity index (χ4v) is 2.68. The first-order valence-electron chi connectivity index (χ1n) is 9.27. The smallest absolute Gasteiger partial charge is 0.329 e. The summed E-state index contributed by atoms with van der Waals surface area (Å²) in [6.07, 6.45) is 0. The van der Waals surface area contributed by atoms with Crippen LogP contribution in [0.2, 0.25) is 0 Å². The second kappa shape index (κ2) is 10.1. The van der Waals surface area contributed by atoms with E-state index in [9.17, 15) is 24.5 Å². The quantitative estimate of drug-likeness (QED) is 0.389. The van der Waals surface area contributed by atoms with Crippen molar-refractivity contribution in [2.24, 2.45) is 5.92 Å². The van der Waals surface area contributed by atoms with Gasteiger partial charge in [0.05, 0.1) is 16.2 Å². The number of carbonyl (C=O) groups is 3. The second-order valence-corrected chi connectivity index (χ2v) is 6.92. The Labute approximate surface area is 173 Å². The summed E-state index contributed by atoms with van der Waals surface area (Å²) in [5, 5.41) is 16.1. The van der Waals surface area contributed by atoms with E-state index in [4.69, 9.17) is 4.74 Å². The molecule has 0 aliphatic heterocycles. The van der Waals surface area contributed by atoms with Gasteiger partial charge >= 0.3 is 5.97 Å². The summed E-state index contributed by atoms with van der Waals surface area (Å²) in [5.41, 5.74) is 0.809. The lowest BCUT2D eigenvalue weighted by molar-refractivity contribution is -0.385. The molecule has 0 aliphatic rings. The number of hydrogen-bond donors (Lipinski definition) is 2. The molecule has 2 aromatic carbocycles. The fourth-order valence-electron chi connectivity index (χ4n) is 2.68. The van der Waals surface area contributed by atoms with Crippen LogP contribution in [0.4, 0.5) is 11.4 Å². The molecule has 158 valence electrons. The van der Waals surface area contributed by atoms with Gasteiger partial charge in [0.25, 0.3) is 17.5 Å². The van der Waals surface area contributed by atoms with Gasteiger partial charge in [0.2, 0.25) is 0 Å². The molecular weight excluding hydrogens is 390 g/mol. The maximum atomic E-state index is 12.4. The number of ether oxygens (including phenoxy) is 1. The normalized spacial score (nSPS) is 11.5. The van der Waals surface area contributed by atoms with E-state index in [1.165, 1.54) is 25.1 Å². The summed E-state index contributed by atoms with van der Waals surface area (Å²) >= 11 is 0. The molecule has 30 heavy (non-hydrogen) atoms. The first-order chi connectivity index (χ1) is 14.2. The number of esters is 1. The van der Waals surface area contributed by atoms with Crippen LogP contribution < -0.4 is 10.6 Å². The Kier molecular flexibility index (Phi) is 7.62. The highest BCUT2D eigenvalue weighted by atomic mass is 16.6. The predicted molar refractivity (Wildman–Crippen MR) is 110 cm³/mol. The lowest BCUT2D eigenvalue weighted by Gasteiger charge is -2.20. The molecule has 0 heterocycles. The number of nitrogens with one attached hydrogen (secondary N) is 2. The minimum Gasteiger partial charge on any atom is -0.454 e. The fraction of sp³-hybridized carbons (Fsp3) is 0.286. The molecule has 2 N–H and O–H groups in total. The summed E-state index contributed by atoms with van der Waals surface area (Å²) in [6, 6.07) is 11.8. The number of anilines is 1. The van der Waals surface area contributed by atoms with E-state index in [-0.39, 0.29) is 22.9 Å². The molecule has 2 amide bonds. The van der Waals surface area contributed by atoms with Crippen molar-refractivity contribution >= 4 is 29.2 Å². The minimum atomic E-state index is -0.940. The van der Waals surface area contributed by atoms with Gasteiger partial charge in [-0.1, -0.05) is 38.1 Å². The summed E-state index contributed by atoms with van der Waals surface area (Å²) < 4.78 is 5.05. The second-order valence-electron chi connectivity index (χ2n) is 6.92. The third-order valence-corrected chi connectivity index (χ3v) is 4.36. The van der Waals surface area contributed by atoms with Gasteiger partial charge in [-0.3, -0.25) is 19.7 Å². The first kappa shape index (κ1) is 22.5. The number of nitro groups is 1. The Hall–Kier alpha value is -3.75. The van der Waals surface area contributed by atoms with E-state index in [2.05, 4.69) is 10.6 Å². The van der Waals surface area contributed by atoms with Gasteiger partial charge < -0.3 is 15.4 Å². The van der Waals surface area contributed by atoms with Crippen molar-refractivity contribution in [3.8, 4) is 0 Å². The Morgan fingerprint density at radius 1 is 1.07 bits per heavy atom. The average molecular weight is 413 g/mol. The van der Waals surface area contributed by atoms with Crippen molar-refractivity contribution in [3.63, 3.8) is 0 Å². The molecule has 9 heteroatoms. The van der Waals surface area contributed by atoms with Gasteiger partial charge in [0.15, 0.2) is 6.61 Å². The number of rotatable bonds is 8. The number of nitro benzene ring substituents is 1. The van der Waals surface area contributed by atoms with Crippen LogP contribution in [0, 0.1) is 23.0 Å². The van der Waals surface area contributed by atoms with E-state index in [0.29, 0.717) is 5.56 Å². The zero-order chi connectivity index (χ0) is 22.3. The van der Waals surface area contributed by atoms with Crippen LogP contribution in [0.5, 0.6) is 0 Å². The number of benzene rings is 2. The zero-order valence-corrected chi connectivity index (χ0v) is 16.9. The molecule has 2 aromatic rings. The summed E-state index contributed by atoms with van der Waals surface area (Å²) in [6.45, 7) is 4.40. The number of hydrogen-bond acceptors (Lipinski definition) is 6. The lowest BCUT2D eigenvalue weighted by Crippen LogP contribution is -2.45. The van der Waals surface area contributed by atoms with Crippen molar-refractivity contribution in [1.29, 1.82) is 0 Å². The highest BCUT2D eigenvalue weighted by Crippen LogP contribution is 2.24. The Bertz CT molecular complexity index is 943. The molecule has 2 rings (SSSR count). The largest absolute Gasteiger partial charge is 0.454 e. The number of nitrogens with zero attached hydrogens (tertiary/aromatic N) is 1. The molecule has 0 unspecified atom stereocenters. The molecule has 0 saturated carbocycles. The summed E-state index contributed by atoms with van der Waals surface area (Å²) in [7, 11) is 0. The number of carbonyl (C=O) groups excluding carboxylic acids is 3. The van der Waals surface area contributed by atoms with Crippen LogP contribution in [0.1, 0.15) is 29.8 Å². The molecule has 1 atom stereocenters. The summed E-state index contributed by atoms with van der Waals surface area (Å²) in [4.78, 5) is 47.3. The van der Waals surface area contributed by atoms with Gasteiger partial charge in [0.1, 0.15) is 6.04 Å². The van der Waals surface area contributed by atoms with Gasteiger partial charge in [-0.2, -0.15) is 0 Å². The molecule has 9 nitrogen and oxygen atoms in total. The first-order valence-corrected chi connectivity index (χ1v) is 9.27. The van der Waals surface area contributed by atoms with Crippen LogP contribution in [-0.2, 0) is 14.3 Å². The van der Waals surface area contributed by atoms with Crippen LogP contribution >= 0.6 is 0 Å². The molecule has 0 aliphatic carbocycles. The zero-order valence-electron chi connectivity index (χ0n) is 16.9. The third-order valence-electron chi connectivity index (χ3n) is 4.36. The van der Waals surface area contributed by atoms with Crippen molar-refractivity contribution < 1.29 is 24.0 Å². The van der Waals surface area contributed by atoms with E-state index in [1.54, 1.807) is 44.2 Å². The lowest BCUT2D eigenvalue weighted by atomic mass is 10.0. The van der Waals surface area contributed by atoms with E-state index in [0.717, 1.165) is 0 Å². The molecular formula is C21H23N3O6. The van der Waals surface area contributed by atoms with Gasteiger partial charge in [-0.05, 0) is 31.0 Å². The Morgan fingerprint density at radius 2 is 1.73 bits per heavy atom. The highest BCUT2D eigenvalue weighted by Gasteiger charge is 2.27. The molecule has 0 spiro atoms. The van der Waals surface area contributed by atoms with E-state index < -0.39 is 35.4 Å². The molecule has 0 saturated heterocycles. The Balaban J connectivity index is 1.97. The average Bonchev–Trinajstić information content (AvgIpc) is 2.71. The van der Waals surface area contributed by atoms with Crippen molar-refractivity contribution in [1.82, 2.24) is 5.32 Å². The van der Waals surface area contributed by atoms with Crippen LogP contribution in [0.25, 0.3) is 0 Å². The van der Waals surface area contributed by atoms with Gasteiger partial charge in [-0.25, -0.2) is 4.79 Å². The van der Waals surface area contributed by atoms with E-state index in [1.807, 2.05) is 0 Å². The molecule has 0 aromatic heterocycles. The van der Waals surface area contributed by atoms with Gasteiger partial charge in [-0.15, -0.1) is 0 Å². The third kappa shape index (κ3) is 5.87. The molecule has 0 radical (unpaired) electrons.